The summed E-state index contributed by atoms with van der Waals surface area (Å²) >= 11 is 0. The highest BCUT2D eigenvalue weighted by molar-refractivity contribution is 5.84. The van der Waals surface area contributed by atoms with E-state index in [1.165, 1.54) is 0 Å². The van der Waals surface area contributed by atoms with Crippen LogP contribution in [0.25, 0.3) is 0 Å². The molecule has 1 saturated heterocycles. The molecule has 1 aliphatic rings. The zero-order valence-corrected chi connectivity index (χ0v) is 16.5. The maximum Gasteiger partial charge on any atom is 0.234 e. The van der Waals surface area contributed by atoms with E-state index in [1.807, 2.05) is 65.6 Å². The second-order valence-electron chi connectivity index (χ2n) is 7.24. The van der Waals surface area contributed by atoms with Crippen LogP contribution in [0.1, 0.15) is 30.4 Å². The van der Waals surface area contributed by atoms with Gasteiger partial charge in [-0.1, -0.05) is 67.6 Å². The fourth-order valence-electron chi connectivity index (χ4n) is 3.64. The first-order valence-electron chi connectivity index (χ1n) is 10.0. The van der Waals surface area contributed by atoms with Crippen molar-refractivity contribution in [2.24, 2.45) is 0 Å². The molecule has 3 rings (SSSR count). The van der Waals surface area contributed by atoms with Crippen LogP contribution in [0, 0.1) is 0 Å². The maximum atomic E-state index is 12.9. The van der Waals surface area contributed by atoms with Gasteiger partial charge in [-0.05, 0) is 17.5 Å². The Morgan fingerprint density at radius 1 is 0.929 bits per heavy atom. The van der Waals surface area contributed by atoms with E-state index in [0.717, 1.165) is 30.6 Å². The van der Waals surface area contributed by atoms with Gasteiger partial charge in [-0.25, -0.2) is 0 Å². The van der Waals surface area contributed by atoms with Crippen LogP contribution in [0.5, 0.6) is 0 Å². The average molecular weight is 380 g/mol. The molecular formula is C23H29N3O2. The number of benzene rings is 2. The number of hydrogen-bond donors (Lipinski definition) is 1. The third-order valence-corrected chi connectivity index (χ3v) is 5.29. The SMILES string of the molecule is CC[C@@H](C(=O)N1CCN(CC(=O)NCc2ccccc2)CC1)c1ccccc1. The number of nitrogens with one attached hydrogen (secondary N) is 1. The monoisotopic (exact) mass is 379 g/mol. The van der Waals surface area contributed by atoms with Gasteiger partial charge in [0.1, 0.15) is 0 Å². The largest absolute Gasteiger partial charge is 0.351 e. The molecule has 0 radical (unpaired) electrons. The molecule has 0 aliphatic carbocycles. The number of rotatable bonds is 7. The molecule has 0 unspecified atom stereocenters. The van der Waals surface area contributed by atoms with Crippen molar-refractivity contribution in [1.29, 1.82) is 0 Å². The van der Waals surface area contributed by atoms with Crippen molar-refractivity contribution in [2.75, 3.05) is 32.7 Å². The summed E-state index contributed by atoms with van der Waals surface area (Å²) in [5, 5.41) is 2.97. The average Bonchev–Trinajstić information content (AvgIpc) is 2.75. The number of piperazine rings is 1. The summed E-state index contributed by atoms with van der Waals surface area (Å²) < 4.78 is 0. The van der Waals surface area contributed by atoms with Gasteiger partial charge in [0.05, 0.1) is 12.5 Å². The Bertz CT molecular complexity index is 756. The van der Waals surface area contributed by atoms with Gasteiger partial charge in [0.2, 0.25) is 11.8 Å². The molecule has 148 valence electrons. The Balaban J connectivity index is 1.44. The Morgan fingerprint density at radius 2 is 1.54 bits per heavy atom. The highest BCUT2D eigenvalue weighted by Crippen LogP contribution is 2.22. The molecule has 0 spiro atoms. The van der Waals surface area contributed by atoms with E-state index in [-0.39, 0.29) is 17.7 Å². The van der Waals surface area contributed by atoms with Crippen molar-refractivity contribution in [1.82, 2.24) is 15.1 Å². The van der Waals surface area contributed by atoms with Gasteiger partial charge in [-0.15, -0.1) is 0 Å². The fraction of sp³-hybridized carbons (Fsp3) is 0.391. The first kappa shape index (κ1) is 20.1. The summed E-state index contributed by atoms with van der Waals surface area (Å²) in [6.45, 7) is 5.80. The summed E-state index contributed by atoms with van der Waals surface area (Å²) in [6, 6.07) is 19.9. The summed E-state index contributed by atoms with van der Waals surface area (Å²) in [5.74, 6) is 0.142. The molecular weight excluding hydrogens is 350 g/mol. The molecule has 5 heteroatoms. The molecule has 0 bridgehead atoms. The van der Waals surface area contributed by atoms with Gasteiger partial charge in [-0.3, -0.25) is 14.5 Å². The molecule has 1 N–H and O–H groups in total. The van der Waals surface area contributed by atoms with E-state index in [1.54, 1.807) is 0 Å². The molecule has 2 aromatic rings. The Labute approximate surface area is 167 Å². The molecule has 1 heterocycles. The van der Waals surface area contributed by atoms with Crippen LogP contribution in [-0.2, 0) is 16.1 Å². The van der Waals surface area contributed by atoms with Gasteiger partial charge in [-0.2, -0.15) is 0 Å². The van der Waals surface area contributed by atoms with Crippen molar-refractivity contribution in [3.05, 3.63) is 71.8 Å². The van der Waals surface area contributed by atoms with Crippen LogP contribution in [0.4, 0.5) is 0 Å². The van der Waals surface area contributed by atoms with Gasteiger partial charge >= 0.3 is 0 Å². The summed E-state index contributed by atoms with van der Waals surface area (Å²) in [5.41, 5.74) is 2.18. The van der Waals surface area contributed by atoms with Crippen LogP contribution >= 0.6 is 0 Å². The molecule has 0 aromatic heterocycles. The van der Waals surface area contributed by atoms with Crippen molar-refractivity contribution < 1.29 is 9.59 Å². The summed E-state index contributed by atoms with van der Waals surface area (Å²) in [4.78, 5) is 29.2. The Morgan fingerprint density at radius 3 is 2.14 bits per heavy atom. The maximum absolute atomic E-state index is 12.9. The molecule has 28 heavy (non-hydrogen) atoms. The lowest BCUT2D eigenvalue weighted by molar-refractivity contribution is -0.135. The zero-order chi connectivity index (χ0) is 19.8. The second kappa shape index (κ2) is 10.0. The molecule has 2 amide bonds. The van der Waals surface area contributed by atoms with Gasteiger partial charge in [0.15, 0.2) is 0 Å². The van der Waals surface area contributed by atoms with Gasteiger partial charge in [0, 0.05) is 32.7 Å². The van der Waals surface area contributed by atoms with E-state index in [2.05, 4.69) is 17.1 Å². The number of amides is 2. The van der Waals surface area contributed by atoms with Crippen molar-refractivity contribution in [3.63, 3.8) is 0 Å². The number of carbonyl (C=O) groups excluding carboxylic acids is 2. The molecule has 1 aliphatic heterocycles. The quantitative estimate of drug-likeness (QED) is 0.805. The molecule has 0 saturated carbocycles. The number of hydrogen-bond acceptors (Lipinski definition) is 3. The van der Waals surface area contributed by atoms with Crippen LogP contribution in [0.15, 0.2) is 60.7 Å². The van der Waals surface area contributed by atoms with Crippen LogP contribution in [0.2, 0.25) is 0 Å². The Kier molecular flexibility index (Phi) is 7.20. The van der Waals surface area contributed by atoms with E-state index in [4.69, 9.17) is 0 Å². The smallest absolute Gasteiger partial charge is 0.234 e. The predicted molar refractivity (Wildman–Crippen MR) is 111 cm³/mol. The first-order chi connectivity index (χ1) is 13.7. The fourth-order valence-corrected chi connectivity index (χ4v) is 3.64. The van der Waals surface area contributed by atoms with Gasteiger partial charge < -0.3 is 10.2 Å². The second-order valence-corrected chi connectivity index (χ2v) is 7.24. The third kappa shape index (κ3) is 5.42. The van der Waals surface area contributed by atoms with Crippen molar-refractivity contribution >= 4 is 11.8 Å². The number of carbonyl (C=O) groups is 2. The molecule has 1 atom stereocenters. The van der Waals surface area contributed by atoms with Crippen LogP contribution in [-0.4, -0.2) is 54.3 Å². The van der Waals surface area contributed by atoms with Crippen LogP contribution < -0.4 is 5.32 Å². The minimum Gasteiger partial charge on any atom is -0.351 e. The minimum atomic E-state index is -0.0816. The van der Waals surface area contributed by atoms with E-state index in [0.29, 0.717) is 26.2 Å². The molecule has 5 nitrogen and oxygen atoms in total. The predicted octanol–water partition coefficient (Wildman–Crippen LogP) is 2.64. The topological polar surface area (TPSA) is 52.7 Å². The van der Waals surface area contributed by atoms with E-state index in [9.17, 15) is 9.59 Å². The van der Waals surface area contributed by atoms with Crippen LogP contribution in [0.3, 0.4) is 0 Å². The first-order valence-corrected chi connectivity index (χ1v) is 10.0. The van der Waals surface area contributed by atoms with E-state index < -0.39 is 0 Å². The minimum absolute atomic E-state index is 0.0272. The zero-order valence-electron chi connectivity index (χ0n) is 16.5. The van der Waals surface area contributed by atoms with E-state index >= 15 is 0 Å². The molecule has 1 fully saturated rings. The van der Waals surface area contributed by atoms with Crippen molar-refractivity contribution in [2.45, 2.75) is 25.8 Å². The standard InChI is InChI=1S/C23H29N3O2/c1-2-21(20-11-7-4-8-12-20)23(28)26-15-13-25(14-16-26)18-22(27)24-17-19-9-5-3-6-10-19/h3-12,21H,2,13-18H2,1H3,(H,24,27)/t21-/m1/s1. The lowest BCUT2D eigenvalue weighted by atomic mass is 9.95. The summed E-state index contributed by atoms with van der Waals surface area (Å²) in [6.07, 6.45) is 0.797. The van der Waals surface area contributed by atoms with Crippen molar-refractivity contribution in [3.8, 4) is 0 Å². The highest BCUT2D eigenvalue weighted by atomic mass is 16.2. The lowest BCUT2D eigenvalue weighted by Crippen LogP contribution is -2.52. The normalized spacial score (nSPS) is 15.8. The van der Waals surface area contributed by atoms with Gasteiger partial charge in [0.25, 0.3) is 0 Å². The third-order valence-electron chi connectivity index (χ3n) is 5.29. The molecule has 2 aromatic carbocycles. The Hall–Kier alpha value is -2.66. The summed E-state index contributed by atoms with van der Waals surface area (Å²) in [7, 11) is 0. The lowest BCUT2D eigenvalue weighted by Gasteiger charge is -2.36. The highest BCUT2D eigenvalue weighted by Gasteiger charge is 2.27. The number of nitrogens with zero attached hydrogens (tertiary/aromatic N) is 2.